The summed E-state index contributed by atoms with van der Waals surface area (Å²) in [7, 11) is 0. The van der Waals surface area contributed by atoms with Crippen LogP contribution < -0.4 is 10.6 Å². The first-order chi connectivity index (χ1) is 8.76. The highest BCUT2D eigenvalue weighted by atomic mass is 15.3. The van der Waals surface area contributed by atoms with Gasteiger partial charge in [-0.15, -0.1) is 0 Å². The molecule has 1 aromatic rings. The van der Waals surface area contributed by atoms with E-state index < -0.39 is 0 Å². The van der Waals surface area contributed by atoms with E-state index in [1.54, 1.807) is 0 Å². The monoisotopic (exact) mass is 248 g/mol. The van der Waals surface area contributed by atoms with Gasteiger partial charge in [0.1, 0.15) is 0 Å². The van der Waals surface area contributed by atoms with E-state index >= 15 is 0 Å². The van der Waals surface area contributed by atoms with Gasteiger partial charge >= 0.3 is 0 Å². The van der Waals surface area contributed by atoms with Gasteiger partial charge in [0, 0.05) is 24.5 Å². The second-order valence-electron chi connectivity index (χ2n) is 5.02. The van der Waals surface area contributed by atoms with Crippen molar-refractivity contribution >= 4 is 5.95 Å². The number of piperidine rings is 1. The fourth-order valence-corrected chi connectivity index (χ4v) is 2.41. The lowest BCUT2D eigenvalue weighted by molar-refractivity contribution is 0.411. The summed E-state index contributed by atoms with van der Waals surface area (Å²) in [5.41, 5.74) is 8.03. The van der Waals surface area contributed by atoms with Gasteiger partial charge in [0.05, 0.1) is 0 Å². The first-order valence-corrected chi connectivity index (χ1v) is 7.08. The molecule has 1 fully saturated rings. The minimum absolute atomic E-state index is 0.682. The van der Waals surface area contributed by atoms with Crippen molar-refractivity contribution in [1.29, 1.82) is 0 Å². The molecule has 0 aliphatic carbocycles. The van der Waals surface area contributed by atoms with Gasteiger partial charge in [-0.2, -0.15) is 0 Å². The summed E-state index contributed by atoms with van der Waals surface area (Å²) >= 11 is 0. The highest BCUT2D eigenvalue weighted by Crippen LogP contribution is 2.20. The molecule has 100 valence electrons. The molecule has 0 atom stereocenters. The van der Waals surface area contributed by atoms with Crippen molar-refractivity contribution in [2.75, 3.05) is 24.5 Å². The van der Waals surface area contributed by atoms with Crippen LogP contribution in [0.25, 0.3) is 0 Å². The van der Waals surface area contributed by atoms with Gasteiger partial charge in [-0.3, -0.25) is 0 Å². The largest absolute Gasteiger partial charge is 0.341 e. The Hall–Kier alpha value is -1.16. The molecule has 0 radical (unpaired) electrons. The Morgan fingerprint density at radius 3 is 2.17 bits per heavy atom. The maximum absolute atomic E-state index is 5.73. The van der Waals surface area contributed by atoms with Crippen molar-refractivity contribution in [3.63, 3.8) is 0 Å². The van der Waals surface area contributed by atoms with Crippen LogP contribution in [0.3, 0.4) is 0 Å². The molecule has 0 unspecified atom stereocenters. The van der Waals surface area contributed by atoms with Crippen LogP contribution in [0.15, 0.2) is 6.07 Å². The number of nitrogens with two attached hydrogens (primary N) is 1. The van der Waals surface area contributed by atoms with Crippen molar-refractivity contribution in [1.82, 2.24) is 9.97 Å². The molecule has 1 aromatic heterocycles. The highest BCUT2D eigenvalue weighted by molar-refractivity contribution is 5.33. The lowest BCUT2D eigenvalue weighted by Gasteiger charge is -2.31. The lowest BCUT2D eigenvalue weighted by Crippen LogP contribution is -2.37. The zero-order chi connectivity index (χ0) is 13.0. The summed E-state index contributed by atoms with van der Waals surface area (Å²) in [6.07, 6.45) is 4.28. The number of rotatable bonds is 4. The molecule has 1 aliphatic heterocycles. The standard InChI is InChI=1S/C14H24N4/c1-3-12-9-13(4-2)17-14(16-12)18-7-5-11(10-15)6-8-18/h9,11H,3-8,10,15H2,1-2H3. The molecule has 0 bridgehead atoms. The van der Waals surface area contributed by atoms with E-state index in [1.165, 1.54) is 0 Å². The molecule has 18 heavy (non-hydrogen) atoms. The summed E-state index contributed by atoms with van der Waals surface area (Å²) in [4.78, 5) is 11.6. The third-order valence-electron chi connectivity index (χ3n) is 3.78. The van der Waals surface area contributed by atoms with Crippen LogP contribution in [0.4, 0.5) is 5.95 Å². The first-order valence-electron chi connectivity index (χ1n) is 7.08. The number of hydrogen-bond donors (Lipinski definition) is 1. The summed E-state index contributed by atoms with van der Waals surface area (Å²) in [6.45, 7) is 7.18. The van der Waals surface area contributed by atoms with Crippen LogP contribution >= 0.6 is 0 Å². The Balaban J connectivity index is 2.13. The average Bonchev–Trinajstić information content (AvgIpc) is 2.46. The number of aromatic nitrogens is 2. The van der Waals surface area contributed by atoms with Crippen molar-refractivity contribution < 1.29 is 0 Å². The molecule has 1 saturated heterocycles. The number of anilines is 1. The van der Waals surface area contributed by atoms with E-state index in [1.807, 2.05) is 0 Å². The molecule has 4 heteroatoms. The van der Waals surface area contributed by atoms with Crippen molar-refractivity contribution in [3.05, 3.63) is 17.5 Å². The normalized spacial score (nSPS) is 17.2. The molecular formula is C14H24N4. The third-order valence-corrected chi connectivity index (χ3v) is 3.78. The third kappa shape index (κ3) is 2.99. The Labute approximate surface area is 110 Å². The molecular weight excluding hydrogens is 224 g/mol. The fourth-order valence-electron chi connectivity index (χ4n) is 2.41. The fraction of sp³-hybridized carbons (Fsp3) is 0.714. The van der Waals surface area contributed by atoms with Crippen LogP contribution in [0.2, 0.25) is 0 Å². The van der Waals surface area contributed by atoms with E-state index in [2.05, 4.69) is 34.8 Å². The second kappa shape index (κ2) is 6.14. The summed E-state index contributed by atoms with van der Waals surface area (Å²) < 4.78 is 0. The Morgan fingerprint density at radius 2 is 1.72 bits per heavy atom. The molecule has 4 nitrogen and oxygen atoms in total. The molecule has 0 aromatic carbocycles. The lowest BCUT2D eigenvalue weighted by atomic mass is 9.97. The second-order valence-corrected chi connectivity index (χ2v) is 5.02. The maximum Gasteiger partial charge on any atom is 0.225 e. The van der Waals surface area contributed by atoms with Gasteiger partial charge in [-0.1, -0.05) is 13.8 Å². The number of nitrogens with zero attached hydrogens (tertiary/aromatic N) is 3. The Kier molecular flexibility index (Phi) is 4.53. The van der Waals surface area contributed by atoms with Gasteiger partial charge in [-0.25, -0.2) is 9.97 Å². The van der Waals surface area contributed by atoms with Gasteiger partial charge in [0.2, 0.25) is 5.95 Å². The van der Waals surface area contributed by atoms with Gasteiger partial charge in [0.15, 0.2) is 0 Å². The van der Waals surface area contributed by atoms with Crippen LogP contribution in [0.1, 0.15) is 38.1 Å². The summed E-state index contributed by atoms with van der Waals surface area (Å²) in [5.74, 6) is 1.60. The zero-order valence-electron chi connectivity index (χ0n) is 11.5. The maximum atomic E-state index is 5.73. The van der Waals surface area contributed by atoms with Crippen LogP contribution in [0, 0.1) is 5.92 Å². The smallest absolute Gasteiger partial charge is 0.225 e. The van der Waals surface area contributed by atoms with Gasteiger partial charge in [-0.05, 0) is 44.2 Å². The molecule has 0 spiro atoms. The molecule has 2 rings (SSSR count). The van der Waals surface area contributed by atoms with E-state index in [-0.39, 0.29) is 0 Å². The van der Waals surface area contributed by atoms with Crippen molar-refractivity contribution in [2.24, 2.45) is 11.7 Å². The van der Waals surface area contributed by atoms with Gasteiger partial charge < -0.3 is 10.6 Å². The quantitative estimate of drug-likeness (QED) is 0.882. The van der Waals surface area contributed by atoms with Crippen LogP contribution in [-0.4, -0.2) is 29.6 Å². The van der Waals surface area contributed by atoms with Crippen molar-refractivity contribution in [3.8, 4) is 0 Å². The molecule has 0 amide bonds. The number of hydrogen-bond acceptors (Lipinski definition) is 4. The average molecular weight is 248 g/mol. The summed E-state index contributed by atoms with van der Waals surface area (Å²) in [5, 5.41) is 0. The highest BCUT2D eigenvalue weighted by Gasteiger charge is 2.20. The number of aryl methyl sites for hydroxylation is 2. The topological polar surface area (TPSA) is 55.0 Å². The predicted molar refractivity (Wildman–Crippen MR) is 74.8 cm³/mol. The van der Waals surface area contributed by atoms with E-state index in [0.717, 1.165) is 62.7 Å². The molecule has 2 N–H and O–H groups in total. The van der Waals surface area contributed by atoms with E-state index in [9.17, 15) is 0 Å². The SMILES string of the molecule is CCc1cc(CC)nc(N2CCC(CN)CC2)n1. The van der Waals surface area contributed by atoms with E-state index in [4.69, 9.17) is 5.73 Å². The molecule has 0 saturated carbocycles. The zero-order valence-corrected chi connectivity index (χ0v) is 11.5. The van der Waals surface area contributed by atoms with E-state index in [0.29, 0.717) is 5.92 Å². The molecule has 1 aliphatic rings. The van der Waals surface area contributed by atoms with Crippen molar-refractivity contribution in [2.45, 2.75) is 39.5 Å². The first kappa shape index (κ1) is 13.3. The van der Waals surface area contributed by atoms with Crippen LogP contribution in [0.5, 0.6) is 0 Å². The van der Waals surface area contributed by atoms with Crippen LogP contribution in [-0.2, 0) is 12.8 Å². The minimum atomic E-state index is 0.682. The Bertz CT molecular complexity index is 361. The molecule has 2 heterocycles. The Morgan fingerprint density at radius 1 is 1.17 bits per heavy atom. The predicted octanol–water partition coefficient (Wildman–Crippen LogP) is 1.78. The van der Waals surface area contributed by atoms with Gasteiger partial charge in [0.25, 0.3) is 0 Å². The minimum Gasteiger partial charge on any atom is -0.341 e. The summed E-state index contributed by atoms with van der Waals surface area (Å²) in [6, 6.07) is 2.12.